The second-order valence-corrected chi connectivity index (χ2v) is 12.1. The summed E-state index contributed by atoms with van der Waals surface area (Å²) in [7, 11) is 0. The summed E-state index contributed by atoms with van der Waals surface area (Å²) in [6.07, 6.45) is 0. The van der Waals surface area contributed by atoms with Gasteiger partial charge in [-0.3, -0.25) is 0 Å². The molecular formula is C40H27N3O2. The molecule has 2 heterocycles. The molecule has 0 radical (unpaired) electrons. The van der Waals surface area contributed by atoms with Crippen LogP contribution < -0.4 is 9.47 Å². The van der Waals surface area contributed by atoms with Crippen LogP contribution in [0.2, 0.25) is 0 Å². The fourth-order valence-corrected chi connectivity index (χ4v) is 6.68. The summed E-state index contributed by atoms with van der Waals surface area (Å²) in [4.78, 5) is 14.9. The van der Waals surface area contributed by atoms with Crippen LogP contribution in [-0.2, 0) is 5.41 Å². The lowest BCUT2D eigenvalue weighted by molar-refractivity contribution is 0.359. The zero-order valence-corrected chi connectivity index (χ0v) is 24.8. The Morgan fingerprint density at radius 1 is 0.444 bits per heavy atom. The first-order valence-electron chi connectivity index (χ1n) is 15.1. The minimum Gasteiger partial charge on any atom is -0.449 e. The minimum atomic E-state index is -0.136. The molecule has 6 aromatic carbocycles. The molecule has 45 heavy (non-hydrogen) atoms. The van der Waals surface area contributed by atoms with Crippen LogP contribution in [0.1, 0.15) is 25.0 Å². The second kappa shape index (κ2) is 9.60. The molecule has 1 aliphatic heterocycles. The highest BCUT2D eigenvalue weighted by Crippen LogP contribution is 2.55. The molecule has 7 aromatic rings. The van der Waals surface area contributed by atoms with Crippen LogP contribution >= 0.6 is 0 Å². The SMILES string of the molecule is CC1(C)c2ccccc2-c2cc3c(cc21)Oc1cc(-c2nc(-c4ccccc4)nc(-c4cccc5ccccc45)n2)ccc1O3. The zero-order valence-electron chi connectivity index (χ0n) is 24.8. The summed E-state index contributed by atoms with van der Waals surface area (Å²) in [5, 5.41) is 2.22. The fraction of sp³-hybridized carbons (Fsp3) is 0.0750. The van der Waals surface area contributed by atoms with Crippen molar-refractivity contribution >= 4 is 10.8 Å². The normalized spacial score (nSPS) is 13.6. The van der Waals surface area contributed by atoms with Gasteiger partial charge in [0.2, 0.25) is 0 Å². The molecule has 0 spiro atoms. The molecule has 0 atom stereocenters. The largest absolute Gasteiger partial charge is 0.449 e. The van der Waals surface area contributed by atoms with Gasteiger partial charge in [-0.1, -0.05) is 111 Å². The third-order valence-corrected chi connectivity index (χ3v) is 8.99. The second-order valence-electron chi connectivity index (χ2n) is 12.1. The van der Waals surface area contributed by atoms with E-state index in [1.807, 2.05) is 66.7 Å². The van der Waals surface area contributed by atoms with Gasteiger partial charge < -0.3 is 9.47 Å². The van der Waals surface area contributed by atoms with Gasteiger partial charge in [0.15, 0.2) is 40.5 Å². The highest BCUT2D eigenvalue weighted by Gasteiger charge is 2.37. The maximum absolute atomic E-state index is 6.55. The average molecular weight is 582 g/mol. The first kappa shape index (κ1) is 25.7. The van der Waals surface area contributed by atoms with Crippen molar-refractivity contribution in [2.24, 2.45) is 0 Å². The van der Waals surface area contributed by atoms with E-state index in [0.29, 0.717) is 40.5 Å². The molecule has 2 aliphatic rings. The number of ether oxygens (including phenoxy) is 2. The maximum Gasteiger partial charge on any atom is 0.170 e. The quantitative estimate of drug-likeness (QED) is 0.208. The molecule has 1 aromatic heterocycles. The van der Waals surface area contributed by atoms with E-state index < -0.39 is 0 Å². The van der Waals surface area contributed by atoms with Crippen molar-refractivity contribution < 1.29 is 9.47 Å². The lowest BCUT2D eigenvalue weighted by Gasteiger charge is -2.25. The summed E-state index contributed by atoms with van der Waals surface area (Å²) in [6.45, 7) is 4.52. The van der Waals surface area contributed by atoms with Gasteiger partial charge in [-0.05, 0) is 63.4 Å². The van der Waals surface area contributed by atoms with E-state index in [2.05, 4.69) is 74.5 Å². The smallest absolute Gasteiger partial charge is 0.170 e. The Morgan fingerprint density at radius 3 is 1.98 bits per heavy atom. The van der Waals surface area contributed by atoms with E-state index in [-0.39, 0.29) is 5.41 Å². The summed E-state index contributed by atoms with van der Waals surface area (Å²) >= 11 is 0. The van der Waals surface area contributed by atoms with E-state index in [1.54, 1.807) is 0 Å². The summed E-state index contributed by atoms with van der Waals surface area (Å²) < 4.78 is 13.0. The molecular weight excluding hydrogens is 554 g/mol. The van der Waals surface area contributed by atoms with Crippen molar-refractivity contribution in [1.29, 1.82) is 0 Å². The molecule has 0 N–H and O–H groups in total. The zero-order chi connectivity index (χ0) is 30.1. The number of rotatable bonds is 3. The van der Waals surface area contributed by atoms with Gasteiger partial charge in [-0.2, -0.15) is 0 Å². The summed E-state index contributed by atoms with van der Waals surface area (Å²) in [5.74, 6) is 4.50. The molecule has 214 valence electrons. The van der Waals surface area contributed by atoms with Gasteiger partial charge >= 0.3 is 0 Å². The Hall–Kier alpha value is -5.81. The number of benzene rings is 6. The molecule has 0 saturated carbocycles. The molecule has 0 amide bonds. The van der Waals surface area contributed by atoms with Crippen LogP contribution in [0.5, 0.6) is 23.0 Å². The van der Waals surface area contributed by atoms with E-state index in [4.69, 9.17) is 24.4 Å². The number of nitrogens with zero attached hydrogens (tertiary/aromatic N) is 3. The van der Waals surface area contributed by atoms with Crippen LogP contribution in [0.4, 0.5) is 0 Å². The number of fused-ring (bicyclic) bond motifs is 6. The van der Waals surface area contributed by atoms with Gasteiger partial charge in [-0.15, -0.1) is 0 Å². The van der Waals surface area contributed by atoms with E-state index in [9.17, 15) is 0 Å². The summed E-state index contributed by atoms with van der Waals surface area (Å²) in [6, 6.07) is 43.2. The highest BCUT2D eigenvalue weighted by atomic mass is 16.6. The number of hydrogen-bond acceptors (Lipinski definition) is 5. The molecule has 5 nitrogen and oxygen atoms in total. The Bertz CT molecular complexity index is 2310. The maximum atomic E-state index is 6.55. The predicted molar refractivity (Wildman–Crippen MR) is 178 cm³/mol. The van der Waals surface area contributed by atoms with Crippen molar-refractivity contribution in [3.8, 4) is 68.3 Å². The van der Waals surface area contributed by atoms with Gasteiger partial charge in [0.05, 0.1) is 0 Å². The van der Waals surface area contributed by atoms with Gasteiger partial charge in [0.1, 0.15) is 0 Å². The van der Waals surface area contributed by atoms with Gasteiger partial charge in [-0.25, -0.2) is 15.0 Å². The lowest BCUT2D eigenvalue weighted by Crippen LogP contribution is -2.15. The summed E-state index contributed by atoms with van der Waals surface area (Å²) in [5.41, 5.74) is 7.54. The molecule has 1 aliphatic carbocycles. The van der Waals surface area contributed by atoms with Gasteiger partial charge in [0, 0.05) is 22.1 Å². The number of aromatic nitrogens is 3. The van der Waals surface area contributed by atoms with E-state index in [0.717, 1.165) is 27.5 Å². The first-order valence-corrected chi connectivity index (χ1v) is 15.1. The van der Waals surface area contributed by atoms with Crippen LogP contribution in [0.15, 0.2) is 127 Å². The standard InChI is InChI=1S/C40H27N3O2/c1-40(2)31-18-9-8-16-28(31)30-22-35-36(23-32(30)40)45-34-21-26(19-20-33(34)44-35)38-41-37(25-12-4-3-5-13-25)42-39(43-38)29-17-10-14-24-11-6-7-15-27(24)29/h3-23H,1-2H3. The average Bonchev–Trinajstić information content (AvgIpc) is 3.31. The Morgan fingerprint density at radius 2 is 1.09 bits per heavy atom. The lowest BCUT2D eigenvalue weighted by atomic mass is 9.82. The van der Waals surface area contributed by atoms with Crippen LogP contribution in [-0.4, -0.2) is 15.0 Å². The molecule has 9 rings (SSSR count). The van der Waals surface area contributed by atoms with Crippen molar-refractivity contribution in [3.63, 3.8) is 0 Å². The number of hydrogen-bond donors (Lipinski definition) is 0. The van der Waals surface area contributed by atoms with Crippen LogP contribution in [0.3, 0.4) is 0 Å². The van der Waals surface area contributed by atoms with Crippen molar-refractivity contribution in [2.75, 3.05) is 0 Å². The van der Waals surface area contributed by atoms with Crippen molar-refractivity contribution in [1.82, 2.24) is 15.0 Å². The monoisotopic (exact) mass is 581 g/mol. The Labute approximate surface area is 260 Å². The van der Waals surface area contributed by atoms with E-state index >= 15 is 0 Å². The highest BCUT2D eigenvalue weighted by molar-refractivity contribution is 5.95. The van der Waals surface area contributed by atoms with Crippen LogP contribution in [0.25, 0.3) is 56.1 Å². The van der Waals surface area contributed by atoms with E-state index in [1.165, 1.54) is 22.3 Å². The minimum absolute atomic E-state index is 0.136. The predicted octanol–water partition coefficient (Wildman–Crippen LogP) is 10.2. The van der Waals surface area contributed by atoms with Crippen molar-refractivity contribution in [3.05, 3.63) is 139 Å². The van der Waals surface area contributed by atoms with Crippen LogP contribution in [0, 0.1) is 0 Å². The molecule has 0 saturated heterocycles. The Kier molecular flexibility index (Phi) is 5.47. The first-order chi connectivity index (χ1) is 22.0. The van der Waals surface area contributed by atoms with Crippen molar-refractivity contribution in [2.45, 2.75) is 19.3 Å². The van der Waals surface area contributed by atoms with Gasteiger partial charge in [0.25, 0.3) is 0 Å². The topological polar surface area (TPSA) is 57.1 Å². The fourth-order valence-electron chi connectivity index (χ4n) is 6.68. The molecule has 0 fully saturated rings. The third kappa shape index (κ3) is 4.05. The molecule has 5 heteroatoms. The molecule has 0 unspecified atom stereocenters. The Balaban J connectivity index is 1.15. The third-order valence-electron chi connectivity index (χ3n) is 8.99. The molecule has 0 bridgehead atoms.